The Hall–Kier alpha value is -2.66. The van der Waals surface area contributed by atoms with E-state index in [4.69, 9.17) is 20.8 Å². The van der Waals surface area contributed by atoms with Gasteiger partial charge in [-0.25, -0.2) is 0 Å². The van der Waals surface area contributed by atoms with Crippen LogP contribution in [-0.4, -0.2) is 16.2 Å². The summed E-state index contributed by atoms with van der Waals surface area (Å²) in [6.07, 6.45) is -0.551. The van der Waals surface area contributed by atoms with Crippen molar-refractivity contribution < 1.29 is 13.9 Å². The van der Waals surface area contributed by atoms with Gasteiger partial charge in [0.2, 0.25) is 5.89 Å². The Morgan fingerprint density at radius 1 is 1.16 bits per heavy atom. The molecule has 0 fully saturated rings. The average Bonchev–Trinajstić information content (AvgIpc) is 3.08. The Balaban J connectivity index is 1.65. The first kappa shape index (κ1) is 17.2. The molecule has 0 spiro atoms. The van der Waals surface area contributed by atoms with Crippen LogP contribution in [0.1, 0.15) is 30.0 Å². The number of esters is 1. The van der Waals surface area contributed by atoms with Crippen LogP contribution in [0.4, 0.5) is 0 Å². The Kier molecular flexibility index (Phi) is 5.14. The molecule has 0 aliphatic rings. The summed E-state index contributed by atoms with van der Waals surface area (Å²) in [6.45, 7) is 3.69. The van der Waals surface area contributed by atoms with E-state index in [1.54, 1.807) is 19.1 Å². The van der Waals surface area contributed by atoms with Crippen molar-refractivity contribution in [2.75, 3.05) is 0 Å². The molecule has 3 rings (SSSR count). The highest BCUT2D eigenvalue weighted by Crippen LogP contribution is 2.23. The number of halogens is 1. The zero-order valence-corrected chi connectivity index (χ0v) is 14.7. The van der Waals surface area contributed by atoms with Gasteiger partial charge in [-0.3, -0.25) is 4.79 Å². The Bertz CT molecular complexity index is 874. The van der Waals surface area contributed by atoms with Gasteiger partial charge in [0.25, 0.3) is 5.89 Å². The molecule has 0 saturated carbocycles. The molecule has 6 heteroatoms. The standard InChI is InChI=1S/C19H17ClN2O3/c1-12-7-9-14(10-8-12)19-22-21-18(25-19)13(2)24-17(23)11-15-5-3-4-6-16(15)20/h3-10,13H,11H2,1-2H3/t13-/m0/s1. The molecule has 128 valence electrons. The molecule has 0 aliphatic carbocycles. The maximum atomic E-state index is 12.1. The predicted molar refractivity (Wildman–Crippen MR) is 94.1 cm³/mol. The topological polar surface area (TPSA) is 65.2 Å². The second-order valence-corrected chi connectivity index (χ2v) is 6.12. The summed E-state index contributed by atoms with van der Waals surface area (Å²) in [6, 6.07) is 14.9. The largest absolute Gasteiger partial charge is 0.452 e. The van der Waals surface area contributed by atoms with Crippen LogP contribution in [0.2, 0.25) is 5.02 Å². The molecule has 5 nitrogen and oxygen atoms in total. The van der Waals surface area contributed by atoms with Gasteiger partial charge in [0.05, 0.1) is 6.42 Å². The lowest BCUT2D eigenvalue weighted by molar-refractivity contribution is -0.148. The molecular formula is C19H17ClN2O3. The van der Waals surface area contributed by atoms with E-state index in [-0.39, 0.29) is 12.3 Å². The number of carbonyl (C=O) groups is 1. The van der Waals surface area contributed by atoms with Crippen molar-refractivity contribution in [1.82, 2.24) is 10.2 Å². The van der Waals surface area contributed by atoms with E-state index in [0.29, 0.717) is 16.5 Å². The van der Waals surface area contributed by atoms with Crippen molar-refractivity contribution in [2.45, 2.75) is 26.4 Å². The summed E-state index contributed by atoms with van der Waals surface area (Å²) in [5.41, 5.74) is 2.68. The zero-order chi connectivity index (χ0) is 17.8. The van der Waals surface area contributed by atoms with E-state index >= 15 is 0 Å². The van der Waals surface area contributed by atoms with Crippen molar-refractivity contribution in [3.8, 4) is 11.5 Å². The predicted octanol–water partition coefficient (Wildman–Crippen LogP) is 4.55. The molecule has 3 aromatic rings. The fourth-order valence-corrected chi connectivity index (χ4v) is 2.50. The van der Waals surface area contributed by atoms with Crippen LogP contribution in [0.3, 0.4) is 0 Å². The molecule has 0 N–H and O–H groups in total. The summed E-state index contributed by atoms with van der Waals surface area (Å²) in [5, 5.41) is 8.52. The van der Waals surface area contributed by atoms with Gasteiger partial charge in [-0.2, -0.15) is 0 Å². The van der Waals surface area contributed by atoms with Gasteiger partial charge in [-0.05, 0) is 37.6 Å². The van der Waals surface area contributed by atoms with Crippen LogP contribution in [0.15, 0.2) is 52.9 Å². The second kappa shape index (κ2) is 7.49. The third-order valence-electron chi connectivity index (χ3n) is 3.69. The Morgan fingerprint density at radius 3 is 2.60 bits per heavy atom. The monoisotopic (exact) mass is 356 g/mol. The van der Waals surface area contributed by atoms with E-state index in [9.17, 15) is 4.79 Å². The normalized spacial score (nSPS) is 12.0. The third-order valence-corrected chi connectivity index (χ3v) is 4.06. The lowest BCUT2D eigenvalue weighted by Gasteiger charge is -2.10. The van der Waals surface area contributed by atoms with Gasteiger partial charge in [0, 0.05) is 10.6 Å². The molecule has 0 radical (unpaired) electrons. The molecule has 0 unspecified atom stereocenters. The summed E-state index contributed by atoms with van der Waals surface area (Å²) >= 11 is 6.06. The lowest BCUT2D eigenvalue weighted by Crippen LogP contribution is -2.12. The Labute approximate surface area is 150 Å². The summed E-state index contributed by atoms with van der Waals surface area (Å²) in [7, 11) is 0. The molecule has 0 bridgehead atoms. The van der Waals surface area contributed by atoms with Crippen molar-refractivity contribution in [3.05, 3.63) is 70.6 Å². The van der Waals surface area contributed by atoms with Gasteiger partial charge >= 0.3 is 5.97 Å². The third kappa shape index (κ3) is 4.25. The number of nitrogens with zero attached hydrogens (tertiary/aromatic N) is 2. The molecule has 0 aliphatic heterocycles. The van der Waals surface area contributed by atoms with E-state index in [0.717, 1.165) is 11.1 Å². The average molecular weight is 357 g/mol. The highest BCUT2D eigenvalue weighted by atomic mass is 35.5. The number of carbonyl (C=O) groups excluding carboxylic acids is 1. The highest BCUT2D eigenvalue weighted by molar-refractivity contribution is 6.31. The number of aryl methyl sites for hydroxylation is 1. The van der Waals surface area contributed by atoms with E-state index < -0.39 is 12.1 Å². The van der Waals surface area contributed by atoms with Gasteiger partial charge in [-0.1, -0.05) is 47.5 Å². The van der Waals surface area contributed by atoms with Crippen LogP contribution in [-0.2, 0) is 16.0 Å². The van der Waals surface area contributed by atoms with Gasteiger partial charge < -0.3 is 9.15 Å². The maximum absolute atomic E-state index is 12.1. The number of hydrogen-bond acceptors (Lipinski definition) is 5. The van der Waals surface area contributed by atoms with Crippen molar-refractivity contribution >= 4 is 17.6 Å². The number of ether oxygens (including phenoxy) is 1. The summed E-state index contributed by atoms with van der Waals surface area (Å²) < 4.78 is 11.0. The molecule has 1 heterocycles. The zero-order valence-electron chi connectivity index (χ0n) is 13.9. The minimum Gasteiger partial charge on any atom is -0.452 e. The van der Waals surface area contributed by atoms with Gasteiger partial charge in [-0.15, -0.1) is 10.2 Å². The van der Waals surface area contributed by atoms with Crippen molar-refractivity contribution in [1.29, 1.82) is 0 Å². The molecule has 1 aromatic heterocycles. The SMILES string of the molecule is Cc1ccc(-c2nnc([C@H](C)OC(=O)Cc3ccccc3Cl)o2)cc1. The summed E-state index contributed by atoms with van der Waals surface area (Å²) in [5.74, 6) is 0.239. The van der Waals surface area contributed by atoms with Gasteiger partial charge in [0.1, 0.15) is 0 Å². The Morgan fingerprint density at radius 2 is 1.88 bits per heavy atom. The first-order chi connectivity index (χ1) is 12.0. The second-order valence-electron chi connectivity index (χ2n) is 5.71. The molecule has 2 aromatic carbocycles. The van der Waals surface area contributed by atoms with Crippen LogP contribution in [0.5, 0.6) is 0 Å². The van der Waals surface area contributed by atoms with Crippen LogP contribution in [0.25, 0.3) is 11.5 Å². The van der Waals surface area contributed by atoms with Crippen LogP contribution < -0.4 is 0 Å². The molecule has 0 saturated heterocycles. The lowest BCUT2D eigenvalue weighted by atomic mass is 10.1. The van der Waals surface area contributed by atoms with Crippen molar-refractivity contribution in [3.63, 3.8) is 0 Å². The van der Waals surface area contributed by atoms with Gasteiger partial charge in [0.15, 0.2) is 6.10 Å². The summed E-state index contributed by atoms with van der Waals surface area (Å²) in [4.78, 5) is 12.1. The van der Waals surface area contributed by atoms with Crippen molar-refractivity contribution in [2.24, 2.45) is 0 Å². The van der Waals surface area contributed by atoms with E-state index in [2.05, 4.69) is 10.2 Å². The molecule has 25 heavy (non-hydrogen) atoms. The first-order valence-corrected chi connectivity index (χ1v) is 8.24. The molecule has 1 atom stereocenters. The number of benzene rings is 2. The minimum absolute atomic E-state index is 0.0863. The van der Waals surface area contributed by atoms with E-state index in [1.807, 2.05) is 43.3 Å². The fraction of sp³-hybridized carbons (Fsp3) is 0.211. The number of hydrogen-bond donors (Lipinski definition) is 0. The fourth-order valence-electron chi connectivity index (χ4n) is 2.30. The molecular weight excluding hydrogens is 340 g/mol. The smallest absolute Gasteiger partial charge is 0.311 e. The van der Waals surface area contributed by atoms with Crippen LogP contribution in [0, 0.1) is 6.92 Å². The minimum atomic E-state index is -0.637. The van der Waals surface area contributed by atoms with Crippen LogP contribution >= 0.6 is 11.6 Å². The first-order valence-electron chi connectivity index (χ1n) is 7.86. The number of rotatable bonds is 5. The maximum Gasteiger partial charge on any atom is 0.311 e. The number of aromatic nitrogens is 2. The van der Waals surface area contributed by atoms with E-state index in [1.165, 1.54) is 0 Å². The highest BCUT2D eigenvalue weighted by Gasteiger charge is 2.19. The molecule has 0 amide bonds. The quantitative estimate of drug-likeness (QED) is 0.627.